The minimum atomic E-state index is -0.397. The van der Waals surface area contributed by atoms with Gasteiger partial charge in [0.1, 0.15) is 5.82 Å². The highest BCUT2D eigenvalue weighted by Gasteiger charge is 2.17. The lowest BCUT2D eigenvalue weighted by atomic mass is 10.3. The first kappa shape index (κ1) is 12.6. The van der Waals surface area contributed by atoms with Crippen molar-refractivity contribution in [2.45, 2.75) is 13.8 Å². The van der Waals surface area contributed by atoms with Gasteiger partial charge >= 0.3 is 0 Å². The molecule has 18 heavy (non-hydrogen) atoms. The van der Waals surface area contributed by atoms with E-state index in [9.17, 15) is 4.79 Å². The predicted molar refractivity (Wildman–Crippen MR) is 70.3 cm³/mol. The maximum absolute atomic E-state index is 11.9. The van der Waals surface area contributed by atoms with Gasteiger partial charge in [0.2, 0.25) is 5.76 Å². The van der Waals surface area contributed by atoms with Crippen molar-refractivity contribution in [3.8, 4) is 0 Å². The number of anilines is 2. The largest absolute Gasteiger partial charge is 0.436 e. The minimum Gasteiger partial charge on any atom is -0.436 e. The van der Waals surface area contributed by atoms with Gasteiger partial charge in [-0.05, 0) is 28.9 Å². The fraction of sp³-hybridized carbons (Fsp3) is 0.182. The number of nitrogens with two attached hydrogens (primary N) is 1. The van der Waals surface area contributed by atoms with E-state index < -0.39 is 5.91 Å². The summed E-state index contributed by atoms with van der Waals surface area (Å²) in [5.74, 6) is 0.605. The van der Waals surface area contributed by atoms with E-state index in [-0.39, 0.29) is 5.76 Å². The third kappa shape index (κ3) is 2.51. The topological polar surface area (TPSA) is 94.0 Å². The van der Waals surface area contributed by atoms with E-state index in [2.05, 4.69) is 31.2 Å². The molecule has 0 aromatic carbocycles. The molecule has 0 aliphatic heterocycles. The Morgan fingerprint density at radius 1 is 1.50 bits per heavy atom. The second-order valence-electron chi connectivity index (χ2n) is 3.70. The molecule has 0 aliphatic carbocycles. The molecule has 3 N–H and O–H groups in total. The first-order valence-electron chi connectivity index (χ1n) is 5.14. The third-order valence-corrected chi connectivity index (χ3v) is 2.81. The van der Waals surface area contributed by atoms with Gasteiger partial charge in [-0.25, -0.2) is 9.97 Å². The summed E-state index contributed by atoms with van der Waals surface area (Å²) in [5, 5.41) is 2.62. The van der Waals surface area contributed by atoms with Crippen LogP contribution in [0.25, 0.3) is 0 Å². The molecule has 94 valence electrons. The van der Waals surface area contributed by atoms with Gasteiger partial charge in [0.15, 0.2) is 5.89 Å². The zero-order valence-corrected chi connectivity index (χ0v) is 11.4. The second-order valence-corrected chi connectivity index (χ2v) is 4.55. The number of nitrogens with one attached hydrogen (secondary N) is 1. The van der Waals surface area contributed by atoms with Crippen molar-refractivity contribution in [3.63, 3.8) is 0 Å². The quantitative estimate of drug-likeness (QED) is 0.887. The lowest BCUT2D eigenvalue weighted by molar-refractivity contribution is 0.0994. The van der Waals surface area contributed by atoms with E-state index in [4.69, 9.17) is 10.2 Å². The molecule has 0 bridgehead atoms. The number of pyridine rings is 1. The Morgan fingerprint density at radius 2 is 2.22 bits per heavy atom. The van der Waals surface area contributed by atoms with Crippen LogP contribution in [-0.4, -0.2) is 15.9 Å². The number of aromatic nitrogens is 2. The Hall–Kier alpha value is -1.89. The van der Waals surface area contributed by atoms with Crippen molar-refractivity contribution in [2.75, 3.05) is 11.1 Å². The monoisotopic (exact) mass is 310 g/mol. The molecule has 2 aromatic heterocycles. The zero-order chi connectivity index (χ0) is 13.3. The summed E-state index contributed by atoms with van der Waals surface area (Å²) in [6, 6.07) is 1.65. The number of carbonyl (C=O) groups excluding carboxylic acids is 1. The lowest BCUT2D eigenvalue weighted by Gasteiger charge is -2.05. The van der Waals surface area contributed by atoms with Crippen LogP contribution in [0.15, 0.2) is 21.2 Å². The van der Waals surface area contributed by atoms with Crippen molar-refractivity contribution >= 4 is 33.3 Å². The van der Waals surface area contributed by atoms with Crippen LogP contribution in [0.3, 0.4) is 0 Å². The Bertz CT molecular complexity index is 609. The van der Waals surface area contributed by atoms with Gasteiger partial charge in [0.05, 0.1) is 22.1 Å². The van der Waals surface area contributed by atoms with Crippen LogP contribution in [0.1, 0.15) is 22.1 Å². The number of nitrogens with zero attached hydrogens (tertiary/aromatic N) is 2. The van der Waals surface area contributed by atoms with Crippen LogP contribution >= 0.6 is 15.9 Å². The lowest BCUT2D eigenvalue weighted by Crippen LogP contribution is -2.14. The first-order valence-corrected chi connectivity index (χ1v) is 5.93. The number of nitrogen functional groups attached to an aromatic ring is 1. The van der Waals surface area contributed by atoms with Crippen molar-refractivity contribution in [1.29, 1.82) is 0 Å². The molecule has 0 saturated carbocycles. The Kier molecular flexibility index (Phi) is 3.33. The number of halogens is 1. The third-order valence-electron chi connectivity index (χ3n) is 2.20. The van der Waals surface area contributed by atoms with Crippen LogP contribution in [0.5, 0.6) is 0 Å². The Morgan fingerprint density at radius 3 is 2.78 bits per heavy atom. The molecule has 2 rings (SSSR count). The molecule has 1 amide bonds. The fourth-order valence-electron chi connectivity index (χ4n) is 1.45. The predicted octanol–water partition coefficient (Wildman–Crippen LogP) is 2.28. The molecule has 0 aliphatic rings. The molecule has 0 spiro atoms. The normalized spacial score (nSPS) is 10.4. The van der Waals surface area contributed by atoms with E-state index >= 15 is 0 Å². The van der Waals surface area contributed by atoms with E-state index in [1.54, 1.807) is 19.9 Å². The van der Waals surface area contributed by atoms with Gasteiger partial charge in [-0.3, -0.25) is 4.79 Å². The van der Waals surface area contributed by atoms with Crippen LogP contribution in [0.4, 0.5) is 11.5 Å². The average Bonchev–Trinajstić information content (AvgIpc) is 2.62. The summed E-state index contributed by atoms with van der Waals surface area (Å²) in [5.41, 5.74) is 6.61. The zero-order valence-electron chi connectivity index (χ0n) is 9.82. The van der Waals surface area contributed by atoms with E-state index in [1.807, 2.05) is 0 Å². The molecule has 7 heteroatoms. The highest BCUT2D eigenvalue weighted by atomic mass is 79.9. The van der Waals surface area contributed by atoms with Crippen molar-refractivity contribution < 1.29 is 9.21 Å². The molecule has 6 nitrogen and oxygen atoms in total. The van der Waals surface area contributed by atoms with Gasteiger partial charge in [-0.15, -0.1) is 0 Å². The summed E-state index contributed by atoms with van der Waals surface area (Å²) in [6.07, 6.45) is 1.46. The number of amides is 1. The number of carbonyl (C=O) groups is 1. The van der Waals surface area contributed by atoms with Crippen molar-refractivity contribution in [2.24, 2.45) is 0 Å². The highest BCUT2D eigenvalue weighted by Crippen LogP contribution is 2.22. The number of oxazole rings is 1. The molecule has 0 unspecified atom stereocenters. The summed E-state index contributed by atoms with van der Waals surface area (Å²) < 4.78 is 5.82. The summed E-state index contributed by atoms with van der Waals surface area (Å²) >= 11 is 3.27. The van der Waals surface area contributed by atoms with Crippen LogP contribution in [0, 0.1) is 13.8 Å². The molecule has 0 radical (unpaired) electrons. The van der Waals surface area contributed by atoms with Gasteiger partial charge < -0.3 is 15.5 Å². The SMILES string of the molecule is Cc1nc(C)c(C(=O)Nc2ncc(N)cc2Br)o1. The first-order chi connectivity index (χ1) is 8.47. The van der Waals surface area contributed by atoms with Crippen LogP contribution in [0.2, 0.25) is 0 Å². The maximum Gasteiger partial charge on any atom is 0.294 e. The van der Waals surface area contributed by atoms with Gasteiger partial charge in [0, 0.05) is 6.92 Å². The summed E-state index contributed by atoms with van der Waals surface area (Å²) in [4.78, 5) is 20.0. The fourth-order valence-corrected chi connectivity index (χ4v) is 1.92. The van der Waals surface area contributed by atoms with E-state index in [0.717, 1.165) is 0 Å². The smallest absolute Gasteiger partial charge is 0.294 e. The number of hydrogen-bond acceptors (Lipinski definition) is 5. The highest BCUT2D eigenvalue weighted by molar-refractivity contribution is 9.10. The van der Waals surface area contributed by atoms with E-state index in [0.29, 0.717) is 27.6 Å². The van der Waals surface area contributed by atoms with Crippen molar-refractivity contribution in [1.82, 2.24) is 9.97 Å². The van der Waals surface area contributed by atoms with Gasteiger partial charge in [-0.2, -0.15) is 0 Å². The molecule has 0 saturated heterocycles. The number of rotatable bonds is 2. The maximum atomic E-state index is 11.9. The molecule has 2 heterocycles. The number of hydrogen-bond donors (Lipinski definition) is 2. The standard InChI is InChI=1S/C11H11BrN4O2/c1-5-9(18-6(2)15-5)11(17)16-10-8(12)3-7(13)4-14-10/h3-4H,13H2,1-2H3,(H,14,16,17). The second kappa shape index (κ2) is 4.77. The molecular weight excluding hydrogens is 300 g/mol. The Balaban J connectivity index is 2.24. The summed E-state index contributed by atoms with van der Waals surface area (Å²) in [7, 11) is 0. The van der Waals surface area contributed by atoms with Gasteiger partial charge in [-0.1, -0.05) is 0 Å². The average molecular weight is 311 g/mol. The number of aryl methyl sites for hydroxylation is 2. The molecule has 2 aromatic rings. The van der Waals surface area contributed by atoms with E-state index in [1.165, 1.54) is 6.20 Å². The van der Waals surface area contributed by atoms with Gasteiger partial charge in [0.25, 0.3) is 5.91 Å². The molecule has 0 fully saturated rings. The Labute approximate surface area is 112 Å². The molecular formula is C11H11BrN4O2. The minimum absolute atomic E-state index is 0.179. The molecule has 0 atom stereocenters. The summed E-state index contributed by atoms with van der Waals surface area (Å²) in [6.45, 7) is 3.39. The van der Waals surface area contributed by atoms with Crippen LogP contribution < -0.4 is 11.1 Å². The van der Waals surface area contributed by atoms with Crippen LogP contribution in [-0.2, 0) is 0 Å². The van der Waals surface area contributed by atoms with Crippen molar-refractivity contribution in [3.05, 3.63) is 34.1 Å².